The maximum absolute atomic E-state index is 3.73. The summed E-state index contributed by atoms with van der Waals surface area (Å²) in [6, 6.07) is 5.30. The predicted molar refractivity (Wildman–Crippen MR) is 88.2 cm³/mol. The van der Waals surface area contributed by atoms with Gasteiger partial charge in [-0.25, -0.2) is 0 Å². The molecule has 0 amide bonds. The van der Waals surface area contributed by atoms with Crippen LogP contribution in [0.15, 0.2) is 12.1 Å². The number of hydrogen-bond acceptors (Lipinski definition) is 2. The third-order valence-electron chi connectivity index (χ3n) is 3.84. The molecule has 0 spiro atoms. The minimum atomic E-state index is 0.660. The molecule has 19 heavy (non-hydrogen) atoms. The van der Waals surface area contributed by atoms with Crippen LogP contribution < -0.4 is 5.32 Å². The van der Waals surface area contributed by atoms with Gasteiger partial charge in [-0.3, -0.25) is 0 Å². The number of aryl methyl sites for hydroxylation is 1. The minimum Gasteiger partial charge on any atom is -0.314 e. The van der Waals surface area contributed by atoms with Crippen LogP contribution in [0, 0.1) is 5.92 Å². The van der Waals surface area contributed by atoms with Crippen LogP contribution in [0.1, 0.15) is 63.1 Å². The molecule has 0 saturated carbocycles. The van der Waals surface area contributed by atoms with Crippen molar-refractivity contribution in [2.75, 3.05) is 6.54 Å². The first-order valence-electron chi connectivity index (χ1n) is 8.05. The van der Waals surface area contributed by atoms with Crippen LogP contribution in [0.2, 0.25) is 0 Å². The standard InChI is InChI=1S/C17H31NS/c1-5-9-14(10-6-2)17(18-8-4)13-16-12-11-15(7-3)19-16/h11-12,14,17-18H,5-10,13H2,1-4H3. The third-order valence-corrected chi connectivity index (χ3v) is 5.09. The lowest BCUT2D eigenvalue weighted by Gasteiger charge is -2.27. The SMILES string of the molecule is CCCC(CCC)C(Cc1ccc(CC)s1)NCC. The van der Waals surface area contributed by atoms with E-state index in [1.54, 1.807) is 4.88 Å². The Hall–Kier alpha value is -0.340. The highest BCUT2D eigenvalue weighted by molar-refractivity contribution is 7.11. The van der Waals surface area contributed by atoms with Crippen molar-refractivity contribution in [1.82, 2.24) is 5.32 Å². The Morgan fingerprint density at radius 3 is 2.11 bits per heavy atom. The molecule has 0 saturated heterocycles. The van der Waals surface area contributed by atoms with Gasteiger partial charge in [0.05, 0.1) is 0 Å². The van der Waals surface area contributed by atoms with Gasteiger partial charge in [0.25, 0.3) is 0 Å². The molecular formula is C17H31NS. The smallest absolute Gasteiger partial charge is 0.0143 e. The average Bonchev–Trinajstić information content (AvgIpc) is 2.86. The normalized spacial score (nSPS) is 13.1. The molecule has 1 unspecified atom stereocenters. The zero-order valence-electron chi connectivity index (χ0n) is 13.2. The molecule has 1 heterocycles. The van der Waals surface area contributed by atoms with Gasteiger partial charge in [0.2, 0.25) is 0 Å². The summed E-state index contributed by atoms with van der Waals surface area (Å²) in [7, 11) is 0. The van der Waals surface area contributed by atoms with E-state index in [1.807, 2.05) is 11.3 Å². The van der Waals surface area contributed by atoms with Crippen molar-refractivity contribution in [3.63, 3.8) is 0 Å². The summed E-state index contributed by atoms with van der Waals surface area (Å²) in [5, 5.41) is 3.73. The van der Waals surface area contributed by atoms with Crippen molar-refractivity contribution in [2.24, 2.45) is 5.92 Å². The van der Waals surface area contributed by atoms with E-state index in [-0.39, 0.29) is 0 Å². The predicted octanol–water partition coefficient (Wildman–Crippen LogP) is 5.05. The van der Waals surface area contributed by atoms with Crippen molar-refractivity contribution >= 4 is 11.3 Å². The fraction of sp³-hybridized carbons (Fsp3) is 0.765. The molecule has 1 nitrogen and oxygen atoms in total. The first kappa shape index (κ1) is 16.7. The van der Waals surface area contributed by atoms with Crippen molar-refractivity contribution in [1.29, 1.82) is 0 Å². The van der Waals surface area contributed by atoms with Crippen LogP contribution in [0.3, 0.4) is 0 Å². The average molecular weight is 282 g/mol. The number of thiophene rings is 1. The highest BCUT2D eigenvalue weighted by atomic mass is 32.1. The lowest BCUT2D eigenvalue weighted by atomic mass is 9.88. The zero-order valence-corrected chi connectivity index (χ0v) is 14.0. The Bertz CT molecular complexity index is 326. The number of rotatable bonds is 10. The molecule has 0 radical (unpaired) electrons. The van der Waals surface area contributed by atoms with Gasteiger partial charge in [-0.05, 0) is 50.3 Å². The van der Waals surface area contributed by atoms with Crippen LogP contribution in [0.5, 0.6) is 0 Å². The molecule has 0 bridgehead atoms. The maximum Gasteiger partial charge on any atom is 0.0143 e. The number of likely N-dealkylation sites (N-methyl/N-ethyl adjacent to an activating group) is 1. The second-order valence-electron chi connectivity index (χ2n) is 5.43. The van der Waals surface area contributed by atoms with Gasteiger partial charge in [-0.1, -0.05) is 40.5 Å². The Morgan fingerprint density at radius 1 is 1.00 bits per heavy atom. The van der Waals surface area contributed by atoms with E-state index >= 15 is 0 Å². The summed E-state index contributed by atoms with van der Waals surface area (Å²) >= 11 is 2.00. The highest BCUT2D eigenvalue weighted by Crippen LogP contribution is 2.24. The first-order chi connectivity index (χ1) is 9.24. The molecule has 1 aromatic heterocycles. The van der Waals surface area contributed by atoms with Gasteiger partial charge in [0.15, 0.2) is 0 Å². The summed E-state index contributed by atoms with van der Waals surface area (Å²) in [5.74, 6) is 0.835. The Balaban J connectivity index is 2.68. The Labute approximate surface area is 123 Å². The van der Waals surface area contributed by atoms with Crippen LogP contribution in [-0.2, 0) is 12.8 Å². The van der Waals surface area contributed by atoms with Crippen molar-refractivity contribution < 1.29 is 0 Å². The van der Waals surface area contributed by atoms with Gasteiger partial charge < -0.3 is 5.32 Å². The largest absolute Gasteiger partial charge is 0.314 e. The van der Waals surface area contributed by atoms with Gasteiger partial charge in [-0.15, -0.1) is 11.3 Å². The highest BCUT2D eigenvalue weighted by Gasteiger charge is 2.20. The second-order valence-corrected chi connectivity index (χ2v) is 6.68. The summed E-state index contributed by atoms with van der Waals surface area (Å²) in [4.78, 5) is 3.08. The molecule has 0 aliphatic heterocycles. The Kier molecular flexibility index (Phi) is 8.40. The molecule has 1 N–H and O–H groups in total. The van der Waals surface area contributed by atoms with E-state index in [9.17, 15) is 0 Å². The van der Waals surface area contributed by atoms with Crippen LogP contribution in [-0.4, -0.2) is 12.6 Å². The summed E-state index contributed by atoms with van der Waals surface area (Å²) in [6.07, 6.45) is 7.70. The summed E-state index contributed by atoms with van der Waals surface area (Å²) in [6.45, 7) is 10.2. The molecule has 110 valence electrons. The quantitative estimate of drug-likeness (QED) is 0.633. The number of nitrogens with one attached hydrogen (secondary N) is 1. The Morgan fingerprint density at radius 2 is 1.63 bits per heavy atom. The van der Waals surface area contributed by atoms with E-state index in [4.69, 9.17) is 0 Å². The van der Waals surface area contributed by atoms with Gasteiger partial charge in [0, 0.05) is 15.8 Å². The van der Waals surface area contributed by atoms with Crippen molar-refractivity contribution in [2.45, 2.75) is 72.3 Å². The first-order valence-corrected chi connectivity index (χ1v) is 8.87. The monoisotopic (exact) mass is 281 g/mol. The lowest BCUT2D eigenvalue weighted by molar-refractivity contribution is 0.313. The van der Waals surface area contributed by atoms with E-state index < -0.39 is 0 Å². The van der Waals surface area contributed by atoms with Crippen molar-refractivity contribution in [3.8, 4) is 0 Å². The van der Waals surface area contributed by atoms with Crippen molar-refractivity contribution in [3.05, 3.63) is 21.9 Å². The van der Waals surface area contributed by atoms with Gasteiger partial charge in [-0.2, -0.15) is 0 Å². The molecule has 0 fully saturated rings. The number of hydrogen-bond donors (Lipinski definition) is 1. The molecule has 0 aromatic carbocycles. The van der Waals surface area contributed by atoms with E-state index in [0.717, 1.165) is 12.5 Å². The topological polar surface area (TPSA) is 12.0 Å². The summed E-state index contributed by atoms with van der Waals surface area (Å²) < 4.78 is 0. The fourth-order valence-corrected chi connectivity index (χ4v) is 3.91. The van der Waals surface area contributed by atoms with Crippen LogP contribution >= 0.6 is 11.3 Å². The van der Waals surface area contributed by atoms with E-state index in [2.05, 4.69) is 45.1 Å². The molecule has 1 rings (SSSR count). The fourth-order valence-electron chi connectivity index (χ4n) is 2.89. The molecule has 1 aromatic rings. The molecule has 0 aliphatic rings. The zero-order chi connectivity index (χ0) is 14.1. The van der Waals surface area contributed by atoms with Gasteiger partial charge >= 0.3 is 0 Å². The summed E-state index contributed by atoms with van der Waals surface area (Å²) in [5.41, 5.74) is 0. The lowest BCUT2D eigenvalue weighted by Crippen LogP contribution is -2.37. The molecule has 2 heteroatoms. The third kappa shape index (κ3) is 5.66. The van der Waals surface area contributed by atoms with Crippen LogP contribution in [0.4, 0.5) is 0 Å². The maximum atomic E-state index is 3.73. The van der Waals surface area contributed by atoms with Gasteiger partial charge in [0.1, 0.15) is 0 Å². The van der Waals surface area contributed by atoms with E-state index in [1.165, 1.54) is 43.4 Å². The van der Waals surface area contributed by atoms with E-state index in [0.29, 0.717) is 6.04 Å². The molecule has 1 atom stereocenters. The minimum absolute atomic E-state index is 0.660. The second kappa shape index (κ2) is 9.55. The van der Waals surface area contributed by atoms with Crippen LogP contribution in [0.25, 0.3) is 0 Å². The molecular weight excluding hydrogens is 250 g/mol. The molecule has 0 aliphatic carbocycles.